The second-order valence-electron chi connectivity index (χ2n) is 4.20. The number of halogens is 1. The van der Waals surface area contributed by atoms with Crippen molar-refractivity contribution in [3.63, 3.8) is 0 Å². The molecule has 0 spiro atoms. The lowest BCUT2D eigenvalue weighted by atomic mass is 10.1. The fourth-order valence-electron chi connectivity index (χ4n) is 1.68. The lowest BCUT2D eigenvalue weighted by Gasteiger charge is -2.05. The molecule has 0 aliphatic rings. The van der Waals surface area contributed by atoms with Crippen LogP contribution in [0.1, 0.15) is 27.6 Å². The van der Waals surface area contributed by atoms with E-state index in [0.717, 1.165) is 6.07 Å². The molecular weight excluding hydrogens is 275 g/mol. The third kappa shape index (κ3) is 3.91. The standard InChI is InChI=1S/C15H13FN2O3/c1-10-8-17-14(21-10)9-18-15(20)13-7-12(16)5-4-11(13)3-2-6-19/h4-5,7-8,19H,6,9H2,1H3,(H,18,20). The molecule has 108 valence electrons. The zero-order chi connectivity index (χ0) is 15.2. The van der Waals surface area contributed by atoms with E-state index in [1.807, 2.05) is 0 Å². The SMILES string of the molecule is Cc1cnc(CNC(=O)c2cc(F)ccc2C#CCO)o1. The van der Waals surface area contributed by atoms with E-state index in [-0.39, 0.29) is 18.7 Å². The quantitative estimate of drug-likeness (QED) is 0.837. The van der Waals surface area contributed by atoms with Crippen LogP contribution in [-0.4, -0.2) is 22.6 Å². The minimum Gasteiger partial charge on any atom is -0.444 e. The van der Waals surface area contributed by atoms with Gasteiger partial charge in [-0.15, -0.1) is 0 Å². The van der Waals surface area contributed by atoms with Gasteiger partial charge >= 0.3 is 0 Å². The normalized spacial score (nSPS) is 9.86. The van der Waals surface area contributed by atoms with Gasteiger partial charge in [0.2, 0.25) is 5.89 Å². The third-order valence-electron chi connectivity index (χ3n) is 2.60. The van der Waals surface area contributed by atoms with E-state index in [0.29, 0.717) is 17.2 Å². The molecule has 1 aromatic carbocycles. The zero-order valence-electron chi connectivity index (χ0n) is 11.3. The molecule has 0 aliphatic carbocycles. The monoisotopic (exact) mass is 288 g/mol. The molecule has 0 atom stereocenters. The number of rotatable bonds is 3. The van der Waals surface area contributed by atoms with Crippen LogP contribution < -0.4 is 5.32 Å². The molecule has 1 aromatic heterocycles. The van der Waals surface area contributed by atoms with Gasteiger partial charge in [-0.1, -0.05) is 11.8 Å². The van der Waals surface area contributed by atoms with Crippen LogP contribution in [0.5, 0.6) is 0 Å². The van der Waals surface area contributed by atoms with Crippen molar-refractivity contribution in [3.05, 3.63) is 53.0 Å². The smallest absolute Gasteiger partial charge is 0.253 e. The average Bonchev–Trinajstić information content (AvgIpc) is 2.89. The molecule has 1 heterocycles. The zero-order valence-corrected chi connectivity index (χ0v) is 11.3. The molecule has 0 radical (unpaired) electrons. The number of aliphatic hydroxyl groups excluding tert-OH is 1. The van der Waals surface area contributed by atoms with Gasteiger partial charge in [-0.25, -0.2) is 9.37 Å². The Morgan fingerprint density at radius 3 is 3.00 bits per heavy atom. The minimum atomic E-state index is -0.540. The third-order valence-corrected chi connectivity index (χ3v) is 2.60. The van der Waals surface area contributed by atoms with E-state index < -0.39 is 11.7 Å². The van der Waals surface area contributed by atoms with E-state index in [2.05, 4.69) is 22.1 Å². The summed E-state index contributed by atoms with van der Waals surface area (Å²) in [5.74, 6) is 5.00. The highest BCUT2D eigenvalue weighted by atomic mass is 19.1. The van der Waals surface area contributed by atoms with Crippen molar-refractivity contribution in [1.29, 1.82) is 0 Å². The summed E-state index contributed by atoms with van der Waals surface area (Å²) in [5.41, 5.74) is 0.436. The number of nitrogens with one attached hydrogen (secondary N) is 1. The Morgan fingerprint density at radius 1 is 1.52 bits per heavy atom. The van der Waals surface area contributed by atoms with Gasteiger partial charge in [-0.3, -0.25) is 4.79 Å². The van der Waals surface area contributed by atoms with Gasteiger partial charge in [-0.2, -0.15) is 0 Å². The van der Waals surface area contributed by atoms with Crippen LogP contribution in [0, 0.1) is 24.6 Å². The number of carbonyl (C=O) groups is 1. The maximum Gasteiger partial charge on any atom is 0.253 e. The average molecular weight is 288 g/mol. The first-order valence-corrected chi connectivity index (χ1v) is 6.19. The van der Waals surface area contributed by atoms with E-state index >= 15 is 0 Å². The molecule has 1 amide bonds. The van der Waals surface area contributed by atoms with E-state index in [9.17, 15) is 9.18 Å². The second-order valence-corrected chi connectivity index (χ2v) is 4.20. The van der Waals surface area contributed by atoms with Crippen LogP contribution in [-0.2, 0) is 6.54 Å². The van der Waals surface area contributed by atoms with E-state index in [1.165, 1.54) is 12.1 Å². The van der Waals surface area contributed by atoms with Crippen LogP contribution in [0.4, 0.5) is 4.39 Å². The number of aromatic nitrogens is 1. The predicted octanol–water partition coefficient (Wildman–Crippen LogP) is 1.40. The van der Waals surface area contributed by atoms with Crippen LogP contribution >= 0.6 is 0 Å². The molecule has 21 heavy (non-hydrogen) atoms. The highest BCUT2D eigenvalue weighted by Crippen LogP contribution is 2.11. The van der Waals surface area contributed by atoms with Crippen molar-refractivity contribution >= 4 is 5.91 Å². The van der Waals surface area contributed by atoms with Crippen molar-refractivity contribution in [2.45, 2.75) is 13.5 Å². The Balaban J connectivity index is 2.15. The maximum absolute atomic E-state index is 13.3. The Labute approximate surface area is 120 Å². The van der Waals surface area contributed by atoms with E-state index in [1.54, 1.807) is 13.1 Å². The first kappa shape index (κ1) is 14.8. The number of hydrogen-bond donors (Lipinski definition) is 2. The molecule has 5 nitrogen and oxygen atoms in total. The van der Waals surface area contributed by atoms with Gasteiger partial charge in [0.05, 0.1) is 18.3 Å². The van der Waals surface area contributed by atoms with Gasteiger partial charge in [0.1, 0.15) is 18.2 Å². The van der Waals surface area contributed by atoms with Crippen LogP contribution in [0.15, 0.2) is 28.8 Å². The summed E-state index contributed by atoms with van der Waals surface area (Å²) in [6, 6.07) is 3.69. The lowest BCUT2D eigenvalue weighted by molar-refractivity contribution is 0.0946. The van der Waals surface area contributed by atoms with Crippen molar-refractivity contribution in [2.24, 2.45) is 0 Å². The summed E-state index contributed by atoms with van der Waals surface area (Å²) in [7, 11) is 0. The first-order chi connectivity index (χ1) is 10.1. The number of carbonyl (C=O) groups excluding carboxylic acids is 1. The summed E-state index contributed by atoms with van der Waals surface area (Å²) in [4.78, 5) is 16.0. The molecule has 0 saturated carbocycles. The van der Waals surface area contributed by atoms with Crippen molar-refractivity contribution in [3.8, 4) is 11.8 Å². The van der Waals surface area contributed by atoms with Crippen LogP contribution in [0.3, 0.4) is 0 Å². The molecule has 2 N–H and O–H groups in total. The number of hydrogen-bond acceptors (Lipinski definition) is 4. The van der Waals surface area contributed by atoms with Gasteiger partial charge in [0.25, 0.3) is 5.91 Å². The largest absolute Gasteiger partial charge is 0.444 e. The van der Waals surface area contributed by atoms with Gasteiger partial charge in [0, 0.05) is 5.56 Å². The van der Waals surface area contributed by atoms with Crippen molar-refractivity contribution in [1.82, 2.24) is 10.3 Å². The highest BCUT2D eigenvalue weighted by molar-refractivity contribution is 5.96. The topological polar surface area (TPSA) is 75.4 Å². The highest BCUT2D eigenvalue weighted by Gasteiger charge is 2.12. The summed E-state index contributed by atoms with van der Waals surface area (Å²) in [5, 5.41) is 11.3. The van der Waals surface area contributed by atoms with Crippen molar-refractivity contribution < 1.29 is 18.7 Å². The summed E-state index contributed by atoms with van der Waals surface area (Å²) in [6.45, 7) is 1.50. The van der Waals surface area contributed by atoms with Gasteiger partial charge in [0.15, 0.2) is 0 Å². The molecule has 0 bridgehead atoms. The number of nitrogens with zero attached hydrogens (tertiary/aromatic N) is 1. The summed E-state index contributed by atoms with van der Waals surface area (Å²) in [6.07, 6.45) is 1.54. The van der Waals surface area contributed by atoms with Crippen molar-refractivity contribution in [2.75, 3.05) is 6.61 Å². The fraction of sp³-hybridized carbons (Fsp3) is 0.200. The Hall–Kier alpha value is -2.65. The number of aryl methyl sites for hydroxylation is 1. The lowest BCUT2D eigenvalue weighted by Crippen LogP contribution is -2.24. The number of aliphatic hydroxyl groups is 1. The molecule has 6 heteroatoms. The molecule has 0 saturated heterocycles. The Bertz CT molecular complexity index is 713. The minimum absolute atomic E-state index is 0.0933. The van der Waals surface area contributed by atoms with Crippen LogP contribution in [0.2, 0.25) is 0 Å². The predicted molar refractivity (Wildman–Crippen MR) is 72.8 cm³/mol. The fourth-order valence-corrected chi connectivity index (χ4v) is 1.68. The second kappa shape index (κ2) is 6.68. The number of oxazole rings is 1. The van der Waals surface area contributed by atoms with E-state index in [4.69, 9.17) is 9.52 Å². The Kier molecular flexibility index (Phi) is 4.69. The molecule has 0 unspecified atom stereocenters. The summed E-state index contributed by atoms with van der Waals surface area (Å²) < 4.78 is 18.5. The number of amides is 1. The molecule has 2 rings (SSSR count). The van der Waals surface area contributed by atoms with Crippen LogP contribution in [0.25, 0.3) is 0 Å². The van der Waals surface area contributed by atoms with Gasteiger partial charge < -0.3 is 14.8 Å². The van der Waals surface area contributed by atoms with Gasteiger partial charge in [-0.05, 0) is 25.1 Å². The molecule has 0 fully saturated rings. The molecular formula is C15H13FN2O3. The molecule has 0 aliphatic heterocycles. The summed E-state index contributed by atoms with van der Waals surface area (Å²) >= 11 is 0. The number of benzene rings is 1. The molecule has 2 aromatic rings. The maximum atomic E-state index is 13.3. The Morgan fingerprint density at radius 2 is 2.33 bits per heavy atom. The first-order valence-electron chi connectivity index (χ1n) is 6.19.